The molecule has 7 heteroatoms. The standard InChI is InChI=1S/C17H16F2N4S/c1-20-24-11-6-7-15(12(8-11)16-9-23(2)10-21-16)22-17-13(18)4-3-5-14(17)19/h3-10,20,22H,1-2H3. The van der Waals surface area contributed by atoms with Crippen LogP contribution in [0.3, 0.4) is 0 Å². The van der Waals surface area contributed by atoms with Gasteiger partial charge in [0, 0.05) is 29.4 Å². The van der Waals surface area contributed by atoms with Crippen LogP contribution < -0.4 is 10.0 Å². The number of halogens is 2. The Morgan fingerprint density at radius 2 is 1.88 bits per heavy atom. The molecule has 0 radical (unpaired) electrons. The van der Waals surface area contributed by atoms with E-state index in [9.17, 15) is 8.78 Å². The van der Waals surface area contributed by atoms with Crippen molar-refractivity contribution in [3.63, 3.8) is 0 Å². The largest absolute Gasteiger partial charge is 0.350 e. The zero-order chi connectivity index (χ0) is 17.1. The lowest BCUT2D eigenvalue weighted by atomic mass is 10.1. The van der Waals surface area contributed by atoms with Gasteiger partial charge in [-0.15, -0.1) is 0 Å². The Hall–Kier alpha value is -2.38. The van der Waals surface area contributed by atoms with E-state index >= 15 is 0 Å². The molecule has 0 saturated heterocycles. The summed E-state index contributed by atoms with van der Waals surface area (Å²) in [5.41, 5.74) is 1.88. The van der Waals surface area contributed by atoms with Crippen LogP contribution in [-0.4, -0.2) is 16.6 Å². The zero-order valence-electron chi connectivity index (χ0n) is 13.2. The summed E-state index contributed by atoms with van der Waals surface area (Å²) in [6.45, 7) is 0. The zero-order valence-corrected chi connectivity index (χ0v) is 14.0. The third-order valence-electron chi connectivity index (χ3n) is 3.41. The Kier molecular flexibility index (Phi) is 4.82. The van der Waals surface area contributed by atoms with Crippen LogP contribution in [0.4, 0.5) is 20.2 Å². The molecule has 0 unspecified atom stereocenters. The molecule has 24 heavy (non-hydrogen) atoms. The van der Waals surface area contributed by atoms with Gasteiger partial charge >= 0.3 is 0 Å². The molecule has 1 aromatic heterocycles. The van der Waals surface area contributed by atoms with Crippen LogP contribution in [-0.2, 0) is 7.05 Å². The number of aryl methyl sites for hydroxylation is 1. The highest BCUT2D eigenvalue weighted by molar-refractivity contribution is 7.97. The second kappa shape index (κ2) is 7.02. The van der Waals surface area contributed by atoms with Crippen molar-refractivity contribution in [1.82, 2.24) is 14.3 Å². The van der Waals surface area contributed by atoms with Crippen LogP contribution in [0.1, 0.15) is 0 Å². The summed E-state index contributed by atoms with van der Waals surface area (Å²) in [6, 6.07) is 9.35. The van der Waals surface area contributed by atoms with Crippen LogP contribution in [0.5, 0.6) is 0 Å². The minimum atomic E-state index is -0.643. The van der Waals surface area contributed by atoms with Gasteiger partial charge < -0.3 is 9.88 Å². The Labute approximate surface area is 143 Å². The van der Waals surface area contributed by atoms with Gasteiger partial charge in [0.05, 0.1) is 12.0 Å². The van der Waals surface area contributed by atoms with E-state index in [1.807, 2.05) is 37.0 Å². The Morgan fingerprint density at radius 3 is 2.50 bits per heavy atom. The molecule has 124 valence electrons. The van der Waals surface area contributed by atoms with Crippen molar-refractivity contribution >= 4 is 23.3 Å². The quantitative estimate of drug-likeness (QED) is 0.675. The van der Waals surface area contributed by atoms with Crippen molar-refractivity contribution in [2.45, 2.75) is 4.90 Å². The fraction of sp³-hybridized carbons (Fsp3) is 0.118. The molecule has 4 nitrogen and oxygen atoms in total. The third-order valence-corrected chi connectivity index (χ3v) is 4.11. The lowest BCUT2D eigenvalue weighted by Crippen LogP contribution is -2.00. The molecule has 0 atom stereocenters. The smallest absolute Gasteiger partial charge is 0.149 e. The van der Waals surface area contributed by atoms with Gasteiger partial charge in [-0.2, -0.15) is 0 Å². The van der Waals surface area contributed by atoms with Crippen LogP contribution in [0.2, 0.25) is 0 Å². The van der Waals surface area contributed by atoms with Crippen LogP contribution >= 0.6 is 11.9 Å². The van der Waals surface area contributed by atoms with Gasteiger partial charge in [-0.3, -0.25) is 4.72 Å². The molecule has 0 aliphatic carbocycles. The molecule has 3 aromatic rings. The summed E-state index contributed by atoms with van der Waals surface area (Å²) in [4.78, 5) is 5.31. The SMILES string of the molecule is CNSc1ccc(Nc2c(F)cccc2F)c(-c2cn(C)cn2)c1. The molecular formula is C17H16F2N4S. The van der Waals surface area contributed by atoms with E-state index in [1.54, 1.807) is 12.4 Å². The lowest BCUT2D eigenvalue weighted by Gasteiger charge is -2.13. The minimum Gasteiger partial charge on any atom is -0.350 e. The third kappa shape index (κ3) is 3.42. The van der Waals surface area contributed by atoms with E-state index in [0.29, 0.717) is 5.69 Å². The van der Waals surface area contributed by atoms with E-state index in [-0.39, 0.29) is 5.69 Å². The molecule has 0 amide bonds. The molecule has 0 aliphatic rings. The number of aromatic nitrogens is 2. The predicted octanol–water partition coefficient (Wildman–Crippen LogP) is 4.34. The number of nitrogens with zero attached hydrogens (tertiary/aromatic N) is 2. The number of benzene rings is 2. The summed E-state index contributed by atoms with van der Waals surface area (Å²) < 4.78 is 32.7. The van der Waals surface area contributed by atoms with Crippen molar-refractivity contribution < 1.29 is 8.78 Å². The first kappa shape index (κ1) is 16.5. The van der Waals surface area contributed by atoms with Crippen molar-refractivity contribution in [3.05, 3.63) is 60.6 Å². The van der Waals surface area contributed by atoms with Crippen molar-refractivity contribution in [2.75, 3.05) is 12.4 Å². The highest BCUT2D eigenvalue weighted by Crippen LogP contribution is 2.34. The van der Waals surface area contributed by atoms with Gasteiger partial charge in [0.15, 0.2) is 0 Å². The first-order valence-electron chi connectivity index (χ1n) is 7.25. The van der Waals surface area contributed by atoms with Gasteiger partial charge in [-0.25, -0.2) is 13.8 Å². The molecule has 3 rings (SSSR count). The number of imidazole rings is 1. The number of anilines is 2. The van der Waals surface area contributed by atoms with Crippen molar-refractivity contribution in [2.24, 2.45) is 7.05 Å². The second-order valence-electron chi connectivity index (χ2n) is 5.16. The van der Waals surface area contributed by atoms with E-state index in [1.165, 1.54) is 30.1 Å². The van der Waals surface area contributed by atoms with Crippen LogP contribution in [0.25, 0.3) is 11.3 Å². The molecular weight excluding hydrogens is 330 g/mol. The fourth-order valence-corrected chi connectivity index (χ4v) is 2.88. The van der Waals surface area contributed by atoms with Crippen molar-refractivity contribution in [3.8, 4) is 11.3 Å². The predicted molar refractivity (Wildman–Crippen MR) is 93.2 cm³/mol. The second-order valence-corrected chi connectivity index (χ2v) is 6.24. The van der Waals surface area contributed by atoms with Gasteiger partial charge in [0.2, 0.25) is 0 Å². The van der Waals surface area contributed by atoms with E-state index in [4.69, 9.17) is 0 Å². The average molecular weight is 346 g/mol. The molecule has 0 bridgehead atoms. The molecule has 1 heterocycles. The molecule has 0 fully saturated rings. The highest BCUT2D eigenvalue weighted by atomic mass is 32.2. The normalized spacial score (nSPS) is 10.8. The van der Waals surface area contributed by atoms with E-state index in [0.717, 1.165) is 16.2 Å². The first-order valence-corrected chi connectivity index (χ1v) is 8.07. The summed E-state index contributed by atoms with van der Waals surface area (Å²) in [7, 11) is 3.69. The first-order chi connectivity index (χ1) is 11.6. The van der Waals surface area contributed by atoms with Crippen LogP contribution in [0.15, 0.2) is 53.8 Å². The monoisotopic (exact) mass is 346 g/mol. The Balaban J connectivity index is 2.06. The minimum absolute atomic E-state index is 0.177. The number of para-hydroxylation sites is 1. The summed E-state index contributed by atoms with van der Waals surface area (Å²) in [6.07, 6.45) is 3.53. The number of hydrogen-bond acceptors (Lipinski definition) is 4. The molecule has 2 N–H and O–H groups in total. The van der Waals surface area contributed by atoms with E-state index in [2.05, 4.69) is 15.0 Å². The number of nitrogens with one attached hydrogen (secondary N) is 2. The molecule has 0 aliphatic heterocycles. The van der Waals surface area contributed by atoms with Crippen LogP contribution in [0, 0.1) is 11.6 Å². The lowest BCUT2D eigenvalue weighted by molar-refractivity contribution is 0.591. The van der Waals surface area contributed by atoms with E-state index < -0.39 is 11.6 Å². The molecule has 0 spiro atoms. The maximum atomic E-state index is 13.9. The summed E-state index contributed by atoms with van der Waals surface area (Å²) in [5.74, 6) is -1.29. The Morgan fingerprint density at radius 1 is 1.12 bits per heavy atom. The average Bonchev–Trinajstić information content (AvgIpc) is 2.99. The van der Waals surface area contributed by atoms with Crippen molar-refractivity contribution in [1.29, 1.82) is 0 Å². The van der Waals surface area contributed by atoms with Gasteiger partial charge in [0.1, 0.15) is 17.3 Å². The molecule has 0 saturated carbocycles. The summed E-state index contributed by atoms with van der Waals surface area (Å²) >= 11 is 1.45. The maximum Gasteiger partial charge on any atom is 0.149 e. The number of hydrogen-bond donors (Lipinski definition) is 2. The van der Waals surface area contributed by atoms with Gasteiger partial charge in [0.25, 0.3) is 0 Å². The number of rotatable bonds is 5. The summed E-state index contributed by atoms with van der Waals surface area (Å²) in [5, 5.41) is 2.86. The molecule has 2 aromatic carbocycles. The topological polar surface area (TPSA) is 41.9 Å². The Bertz CT molecular complexity index is 843. The van der Waals surface area contributed by atoms with Gasteiger partial charge in [-0.1, -0.05) is 6.07 Å². The maximum absolute atomic E-state index is 13.9. The van der Waals surface area contributed by atoms with Gasteiger partial charge in [-0.05, 0) is 49.3 Å². The highest BCUT2D eigenvalue weighted by Gasteiger charge is 2.14. The fourth-order valence-electron chi connectivity index (χ4n) is 2.33.